The summed E-state index contributed by atoms with van der Waals surface area (Å²) in [7, 11) is 0. The van der Waals surface area contributed by atoms with Crippen molar-refractivity contribution in [3.8, 4) is 0 Å². The molecular formula is C18H24N2O. The maximum Gasteiger partial charge on any atom is 0.228 e. The van der Waals surface area contributed by atoms with E-state index in [9.17, 15) is 4.79 Å². The molecule has 3 heteroatoms. The van der Waals surface area contributed by atoms with E-state index in [-0.39, 0.29) is 11.8 Å². The molecule has 0 saturated heterocycles. The Balaban J connectivity index is 1.47. The van der Waals surface area contributed by atoms with Crippen molar-refractivity contribution in [3.63, 3.8) is 0 Å². The summed E-state index contributed by atoms with van der Waals surface area (Å²) in [5, 5.41) is 3.14. The minimum Gasteiger partial charge on any atom is -0.326 e. The summed E-state index contributed by atoms with van der Waals surface area (Å²) in [4.78, 5) is 12.7. The molecule has 1 amide bonds. The van der Waals surface area contributed by atoms with Gasteiger partial charge in [0.25, 0.3) is 0 Å². The highest BCUT2D eigenvalue weighted by atomic mass is 16.1. The fourth-order valence-corrected chi connectivity index (χ4v) is 5.30. The predicted molar refractivity (Wildman–Crippen MR) is 83.5 cm³/mol. The van der Waals surface area contributed by atoms with Crippen LogP contribution in [-0.2, 0) is 11.3 Å². The highest BCUT2D eigenvalue weighted by Gasteiger charge is 2.50. The van der Waals surface area contributed by atoms with Gasteiger partial charge in [0, 0.05) is 18.2 Å². The number of hydrogen-bond acceptors (Lipinski definition) is 2. The first kappa shape index (κ1) is 13.3. The van der Waals surface area contributed by atoms with E-state index in [1.807, 2.05) is 24.3 Å². The number of rotatable bonds is 3. The standard InChI is InChI=1S/C18H24N2O/c19-10-11-1-3-16(4-2-11)20-18(21)17-14-6-12-5-13(8-14)9-15(17)7-12/h1-4,12-15,17H,5-10,19H2,(H,20,21). The summed E-state index contributed by atoms with van der Waals surface area (Å²) in [5.41, 5.74) is 7.62. The van der Waals surface area contributed by atoms with Crippen molar-refractivity contribution >= 4 is 11.6 Å². The molecular weight excluding hydrogens is 260 g/mol. The number of nitrogens with one attached hydrogen (secondary N) is 1. The van der Waals surface area contributed by atoms with Gasteiger partial charge in [-0.15, -0.1) is 0 Å². The molecule has 4 aliphatic rings. The molecule has 1 aromatic carbocycles. The molecule has 0 unspecified atom stereocenters. The molecule has 3 nitrogen and oxygen atoms in total. The third kappa shape index (κ3) is 2.38. The first-order chi connectivity index (χ1) is 10.2. The Labute approximate surface area is 126 Å². The minimum atomic E-state index is 0.254. The minimum absolute atomic E-state index is 0.254. The molecule has 0 spiro atoms. The van der Waals surface area contributed by atoms with Gasteiger partial charge in [0.05, 0.1) is 0 Å². The van der Waals surface area contributed by atoms with Gasteiger partial charge in [0.2, 0.25) is 5.91 Å². The van der Waals surface area contributed by atoms with Gasteiger partial charge in [-0.2, -0.15) is 0 Å². The zero-order valence-electron chi connectivity index (χ0n) is 12.4. The molecule has 0 radical (unpaired) electrons. The van der Waals surface area contributed by atoms with E-state index in [1.165, 1.54) is 32.1 Å². The van der Waals surface area contributed by atoms with Crippen molar-refractivity contribution < 1.29 is 4.79 Å². The second kappa shape index (κ2) is 5.13. The fraction of sp³-hybridized carbons (Fsp3) is 0.611. The number of carbonyl (C=O) groups excluding carboxylic acids is 1. The van der Waals surface area contributed by atoms with Crippen LogP contribution in [0.5, 0.6) is 0 Å². The number of nitrogens with two attached hydrogens (primary N) is 1. The molecule has 112 valence electrons. The van der Waals surface area contributed by atoms with Crippen molar-refractivity contribution in [1.29, 1.82) is 0 Å². The van der Waals surface area contributed by atoms with Crippen molar-refractivity contribution in [2.45, 2.75) is 38.6 Å². The quantitative estimate of drug-likeness (QED) is 0.896. The monoisotopic (exact) mass is 284 g/mol. The second-order valence-corrected chi connectivity index (χ2v) is 7.35. The van der Waals surface area contributed by atoms with E-state index in [2.05, 4.69) is 5.32 Å². The van der Waals surface area contributed by atoms with Crippen LogP contribution in [0.25, 0.3) is 0 Å². The van der Waals surface area contributed by atoms with Crippen LogP contribution in [0.2, 0.25) is 0 Å². The summed E-state index contributed by atoms with van der Waals surface area (Å²) >= 11 is 0. The van der Waals surface area contributed by atoms with Gasteiger partial charge >= 0.3 is 0 Å². The molecule has 4 saturated carbocycles. The first-order valence-corrected chi connectivity index (χ1v) is 8.33. The van der Waals surface area contributed by atoms with Crippen molar-refractivity contribution in [2.24, 2.45) is 35.3 Å². The number of benzene rings is 1. The van der Waals surface area contributed by atoms with Crippen molar-refractivity contribution in [1.82, 2.24) is 0 Å². The Morgan fingerprint density at radius 1 is 1.00 bits per heavy atom. The van der Waals surface area contributed by atoms with E-state index >= 15 is 0 Å². The van der Waals surface area contributed by atoms with E-state index < -0.39 is 0 Å². The Hall–Kier alpha value is -1.35. The summed E-state index contributed by atoms with van der Waals surface area (Å²) < 4.78 is 0. The van der Waals surface area contributed by atoms with Crippen LogP contribution in [0.3, 0.4) is 0 Å². The number of carbonyl (C=O) groups is 1. The van der Waals surface area contributed by atoms with Gasteiger partial charge in [-0.3, -0.25) is 4.79 Å². The Kier molecular flexibility index (Phi) is 3.26. The summed E-state index contributed by atoms with van der Waals surface area (Å²) in [5.74, 6) is 3.63. The third-order valence-electron chi connectivity index (χ3n) is 5.99. The zero-order chi connectivity index (χ0) is 14.4. The molecule has 0 aromatic heterocycles. The molecule has 4 aliphatic carbocycles. The third-order valence-corrected chi connectivity index (χ3v) is 5.99. The average molecular weight is 284 g/mol. The van der Waals surface area contributed by atoms with Crippen LogP contribution >= 0.6 is 0 Å². The van der Waals surface area contributed by atoms with Gasteiger partial charge in [-0.05, 0) is 73.5 Å². The van der Waals surface area contributed by atoms with Crippen LogP contribution in [0.1, 0.15) is 37.7 Å². The lowest BCUT2D eigenvalue weighted by Gasteiger charge is -2.53. The predicted octanol–water partition coefficient (Wildman–Crippen LogP) is 3.16. The number of anilines is 1. The van der Waals surface area contributed by atoms with Crippen LogP contribution in [-0.4, -0.2) is 5.91 Å². The lowest BCUT2D eigenvalue weighted by molar-refractivity contribution is -0.132. The molecule has 5 rings (SSSR count). The molecule has 4 bridgehead atoms. The van der Waals surface area contributed by atoms with Gasteiger partial charge in [-0.25, -0.2) is 0 Å². The Morgan fingerprint density at radius 3 is 2.10 bits per heavy atom. The molecule has 3 N–H and O–H groups in total. The fourth-order valence-electron chi connectivity index (χ4n) is 5.30. The highest BCUT2D eigenvalue weighted by molar-refractivity contribution is 5.93. The molecule has 0 atom stereocenters. The topological polar surface area (TPSA) is 55.1 Å². The van der Waals surface area contributed by atoms with Crippen molar-refractivity contribution in [3.05, 3.63) is 29.8 Å². The van der Waals surface area contributed by atoms with E-state index in [4.69, 9.17) is 5.73 Å². The first-order valence-electron chi connectivity index (χ1n) is 8.33. The van der Waals surface area contributed by atoms with Gasteiger partial charge in [0.15, 0.2) is 0 Å². The lowest BCUT2D eigenvalue weighted by atomic mass is 9.51. The van der Waals surface area contributed by atoms with Crippen LogP contribution in [0.15, 0.2) is 24.3 Å². The van der Waals surface area contributed by atoms with Gasteiger partial charge in [0.1, 0.15) is 0 Å². The summed E-state index contributed by atoms with van der Waals surface area (Å²) in [6, 6.07) is 7.92. The second-order valence-electron chi connectivity index (χ2n) is 7.35. The largest absolute Gasteiger partial charge is 0.326 e. The van der Waals surface area contributed by atoms with E-state index in [1.54, 1.807) is 0 Å². The van der Waals surface area contributed by atoms with E-state index in [0.717, 1.165) is 23.1 Å². The SMILES string of the molecule is NCc1ccc(NC(=O)C2C3CC4CC(C3)CC2C4)cc1. The normalized spacial score (nSPS) is 36.7. The van der Waals surface area contributed by atoms with Crippen LogP contribution < -0.4 is 11.1 Å². The highest BCUT2D eigenvalue weighted by Crippen LogP contribution is 2.56. The smallest absolute Gasteiger partial charge is 0.228 e. The zero-order valence-corrected chi connectivity index (χ0v) is 12.4. The van der Waals surface area contributed by atoms with Crippen molar-refractivity contribution in [2.75, 3.05) is 5.32 Å². The van der Waals surface area contributed by atoms with Gasteiger partial charge in [-0.1, -0.05) is 12.1 Å². The average Bonchev–Trinajstić information content (AvgIpc) is 2.47. The lowest BCUT2D eigenvalue weighted by Crippen LogP contribution is -2.49. The van der Waals surface area contributed by atoms with Crippen LogP contribution in [0.4, 0.5) is 5.69 Å². The summed E-state index contributed by atoms with van der Waals surface area (Å²) in [6.45, 7) is 0.545. The Bertz CT molecular complexity index is 509. The molecule has 0 aliphatic heterocycles. The summed E-state index contributed by atoms with van der Waals surface area (Å²) in [6.07, 6.45) is 6.59. The Morgan fingerprint density at radius 2 is 1.57 bits per heavy atom. The van der Waals surface area contributed by atoms with Gasteiger partial charge < -0.3 is 11.1 Å². The molecule has 21 heavy (non-hydrogen) atoms. The number of amides is 1. The molecule has 1 aromatic rings. The van der Waals surface area contributed by atoms with E-state index in [0.29, 0.717) is 18.4 Å². The molecule has 0 heterocycles. The maximum absolute atomic E-state index is 12.7. The van der Waals surface area contributed by atoms with Crippen LogP contribution in [0, 0.1) is 29.6 Å². The number of hydrogen-bond donors (Lipinski definition) is 2. The maximum atomic E-state index is 12.7. The molecule has 4 fully saturated rings.